The average molecular weight is 1540 g/mol. The van der Waals surface area contributed by atoms with Gasteiger partial charge in [0.15, 0.2) is 0 Å². The van der Waals surface area contributed by atoms with E-state index >= 15 is 0 Å². The lowest BCUT2D eigenvalue weighted by Gasteiger charge is -2.45. The van der Waals surface area contributed by atoms with Gasteiger partial charge in [-0.05, 0) is 248 Å². The molecule has 0 amide bonds. The molecule has 0 atom stereocenters. The molecule has 19 rings (SSSR count). The third kappa shape index (κ3) is 12.6. The van der Waals surface area contributed by atoms with Gasteiger partial charge in [-0.2, -0.15) is 0 Å². The number of rotatable bonds is 8. The van der Waals surface area contributed by atoms with Crippen LogP contribution < -0.4 is 26.2 Å². The van der Waals surface area contributed by atoms with Gasteiger partial charge in [0.05, 0.1) is 44.5 Å². The third-order valence-corrected chi connectivity index (χ3v) is 25.8. The lowest BCUT2D eigenvalue weighted by atomic mass is 9.33. The molecule has 2 aliphatic rings. The number of para-hydroxylation sites is 3. The van der Waals surface area contributed by atoms with Crippen LogP contribution in [0.5, 0.6) is 0 Å². The van der Waals surface area contributed by atoms with Gasteiger partial charge >= 0.3 is 0 Å². The van der Waals surface area contributed by atoms with E-state index in [9.17, 15) is 0 Å². The molecule has 0 spiro atoms. The molecule has 0 radical (unpaired) electrons. The van der Waals surface area contributed by atoms with Gasteiger partial charge in [0.1, 0.15) is 0 Å². The van der Waals surface area contributed by atoms with Crippen LogP contribution in [0, 0.1) is 0 Å². The maximum absolute atomic E-state index is 2.73. The average Bonchev–Trinajstić information content (AvgIpc) is 0.879. The maximum atomic E-state index is 2.73. The van der Waals surface area contributed by atoms with Crippen molar-refractivity contribution in [2.75, 3.05) is 9.80 Å². The first kappa shape index (κ1) is 76.1. The highest BCUT2D eigenvalue weighted by atomic mass is 15.2. The summed E-state index contributed by atoms with van der Waals surface area (Å²) in [7, 11) is 0. The molecule has 0 N–H and O–H groups in total. The molecule has 17 aromatic rings. The Bertz CT molecular complexity index is 6720. The molecule has 0 saturated heterocycles. The van der Waals surface area contributed by atoms with E-state index < -0.39 is 0 Å². The molecular formula is C112H110BN5. The van der Waals surface area contributed by atoms with Gasteiger partial charge in [-0.15, -0.1) is 0 Å². The third-order valence-electron chi connectivity index (χ3n) is 25.8. The van der Waals surface area contributed by atoms with E-state index in [1.54, 1.807) is 0 Å². The van der Waals surface area contributed by atoms with Gasteiger partial charge < -0.3 is 23.5 Å². The zero-order valence-electron chi connectivity index (χ0n) is 72.9. The topological polar surface area (TPSA) is 21.3 Å². The predicted octanol–water partition coefficient (Wildman–Crippen LogP) is 29.1. The van der Waals surface area contributed by atoms with Crippen molar-refractivity contribution in [1.29, 1.82) is 0 Å². The molecule has 118 heavy (non-hydrogen) atoms. The van der Waals surface area contributed by atoms with Crippen molar-refractivity contribution in [2.45, 2.75) is 183 Å². The molecule has 14 aromatic carbocycles. The first-order chi connectivity index (χ1) is 55.9. The molecule has 0 saturated carbocycles. The summed E-state index contributed by atoms with van der Waals surface area (Å²) in [4.78, 5) is 5.41. The Labute approximate surface area is 699 Å². The number of hydrogen-bond acceptors (Lipinski definition) is 2. The smallest absolute Gasteiger partial charge is 0.252 e. The zero-order chi connectivity index (χ0) is 82.6. The second-order valence-corrected chi connectivity index (χ2v) is 41.2. The Morgan fingerprint density at radius 3 is 1.03 bits per heavy atom. The standard InChI is InChI=1S/C112H110BN5/c1-106(2,3)75-44-51-93-87(62-75)88-63-76(107(4,5)6)45-52-94(88)114(93)83-48-50-92-100(68-83)118(98-42-32-40-86-85-39-31-41-97(104(85)116(105(86)98)82-37-29-24-30-38-82)117-95-53-46-77(108(7,8)9)64-89(95)90-65-78(109(10,11)12)47-54-96(90)117)102-67-81(112(19,20)21)66-101-103(102)113(92)91-49-43-71(74-56-79(110(13,14)15)61-80(57-74)111(16,17)18)60-99(91)115(101)84-58-72(69-33-25-22-26-34-69)55-73(59-84)70-35-27-23-28-36-70/h22-68H,1-21H3. The molecule has 586 valence electrons. The largest absolute Gasteiger partial charge is 0.311 e. The summed E-state index contributed by atoms with van der Waals surface area (Å²) in [5.41, 5.74) is 36.4. The lowest BCUT2D eigenvalue weighted by molar-refractivity contribution is 0.569. The molecule has 0 fully saturated rings. The number of fused-ring (bicyclic) bond motifs is 13. The minimum absolute atomic E-state index is 0.0594. The summed E-state index contributed by atoms with van der Waals surface area (Å²) >= 11 is 0. The second kappa shape index (κ2) is 26.8. The van der Waals surface area contributed by atoms with E-state index in [1.807, 2.05) is 0 Å². The lowest BCUT2D eigenvalue weighted by Crippen LogP contribution is -2.61. The van der Waals surface area contributed by atoms with Crippen molar-refractivity contribution in [2.24, 2.45) is 0 Å². The fraction of sp³-hybridized carbons (Fsp3) is 0.250. The number of aromatic nitrogens is 3. The van der Waals surface area contributed by atoms with Gasteiger partial charge in [0, 0.05) is 72.1 Å². The quantitative estimate of drug-likeness (QED) is 0.141. The van der Waals surface area contributed by atoms with Gasteiger partial charge in [-0.3, -0.25) is 0 Å². The molecule has 0 unspecified atom stereocenters. The van der Waals surface area contributed by atoms with E-state index in [-0.39, 0.29) is 44.6 Å². The monoisotopic (exact) mass is 1540 g/mol. The highest BCUT2D eigenvalue weighted by Crippen LogP contribution is 2.53. The molecular weight excluding hydrogens is 1430 g/mol. The Balaban J connectivity index is 0.965. The van der Waals surface area contributed by atoms with Gasteiger partial charge in [0.2, 0.25) is 0 Å². The first-order valence-corrected chi connectivity index (χ1v) is 42.7. The van der Waals surface area contributed by atoms with Crippen molar-refractivity contribution in [3.05, 3.63) is 324 Å². The summed E-state index contributed by atoms with van der Waals surface area (Å²) < 4.78 is 7.79. The van der Waals surface area contributed by atoms with Crippen molar-refractivity contribution in [1.82, 2.24) is 13.7 Å². The van der Waals surface area contributed by atoms with Gasteiger partial charge in [-0.1, -0.05) is 309 Å². The molecule has 3 aromatic heterocycles. The number of hydrogen-bond donors (Lipinski definition) is 0. The molecule has 5 heterocycles. The van der Waals surface area contributed by atoms with E-state index in [0.29, 0.717) is 0 Å². The summed E-state index contributed by atoms with van der Waals surface area (Å²) in [5, 5.41) is 7.41. The molecule has 2 aliphatic heterocycles. The number of benzene rings is 14. The van der Waals surface area contributed by atoms with Gasteiger partial charge in [-0.25, -0.2) is 0 Å². The van der Waals surface area contributed by atoms with Crippen molar-refractivity contribution in [3.63, 3.8) is 0 Å². The van der Waals surface area contributed by atoms with Crippen LogP contribution in [0.1, 0.15) is 184 Å². The van der Waals surface area contributed by atoms with E-state index in [1.165, 1.54) is 138 Å². The summed E-state index contributed by atoms with van der Waals surface area (Å²) in [6.45, 7) is 49.2. The predicted molar refractivity (Wildman–Crippen MR) is 511 cm³/mol. The Kier molecular flexibility index (Phi) is 17.3. The Hall–Kier alpha value is -11.9. The summed E-state index contributed by atoms with van der Waals surface area (Å²) in [6.07, 6.45) is 0. The van der Waals surface area contributed by atoms with Crippen LogP contribution in [-0.4, -0.2) is 20.4 Å². The van der Waals surface area contributed by atoms with Crippen LogP contribution in [0.3, 0.4) is 0 Å². The van der Waals surface area contributed by atoms with E-state index in [2.05, 4.69) is 454 Å². The normalized spacial score (nSPS) is 13.6. The number of anilines is 6. The highest BCUT2D eigenvalue weighted by molar-refractivity contribution is 7.00. The molecule has 0 bridgehead atoms. The van der Waals surface area contributed by atoms with Crippen molar-refractivity contribution >= 4 is 123 Å². The zero-order valence-corrected chi connectivity index (χ0v) is 72.9. The van der Waals surface area contributed by atoms with Crippen LogP contribution in [-0.2, 0) is 37.9 Å². The van der Waals surface area contributed by atoms with E-state index in [4.69, 9.17) is 0 Å². The van der Waals surface area contributed by atoms with Crippen LogP contribution in [0.2, 0.25) is 0 Å². The first-order valence-electron chi connectivity index (χ1n) is 42.7. The van der Waals surface area contributed by atoms with Crippen molar-refractivity contribution < 1.29 is 0 Å². The maximum Gasteiger partial charge on any atom is 0.252 e. The highest BCUT2D eigenvalue weighted by Gasteiger charge is 2.46. The van der Waals surface area contributed by atoms with Crippen LogP contribution in [0.25, 0.3) is 116 Å². The van der Waals surface area contributed by atoms with Crippen LogP contribution in [0.15, 0.2) is 285 Å². The van der Waals surface area contributed by atoms with Gasteiger partial charge in [0.25, 0.3) is 6.71 Å². The molecule has 5 nitrogen and oxygen atoms in total. The summed E-state index contributed by atoms with van der Waals surface area (Å²) in [5.74, 6) is 0. The minimum Gasteiger partial charge on any atom is -0.311 e. The Morgan fingerprint density at radius 1 is 0.195 bits per heavy atom. The van der Waals surface area contributed by atoms with Crippen LogP contribution >= 0.6 is 0 Å². The molecule has 6 heteroatoms. The second-order valence-electron chi connectivity index (χ2n) is 41.2. The molecule has 0 aliphatic carbocycles. The summed E-state index contributed by atoms with van der Waals surface area (Å²) in [6, 6.07) is 112. The van der Waals surface area contributed by atoms with E-state index in [0.717, 1.165) is 67.7 Å². The fourth-order valence-corrected chi connectivity index (χ4v) is 19.0. The number of nitrogens with zero attached hydrogens (tertiary/aromatic N) is 5. The SMILES string of the molecule is CC(C)(C)c1cc(-c2ccc3c(c2)N(c2cc(-c4ccccc4)cc(-c4ccccc4)c2)c2cc(C(C)(C)C)cc4c2B3c2ccc(-n3c5ccc(C(C)(C)C)cc5c5cc(C(C)(C)C)ccc53)cc2N4c2cccc3c4cccc(-n5c6ccc(C(C)(C)C)cc6c6cc(C(C)(C)C)ccc65)c4n(-c4ccccc4)c23)cc(C(C)(C)C)c1. The Morgan fingerprint density at radius 2 is 0.576 bits per heavy atom. The fourth-order valence-electron chi connectivity index (χ4n) is 19.0. The van der Waals surface area contributed by atoms with Crippen molar-refractivity contribution in [3.8, 4) is 50.4 Å². The van der Waals surface area contributed by atoms with Crippen LogP contribution in [0.4, 0.5) is 34.1 Å². The minimum atomic E-state index is -0.329.